The highest BCUT2D eigenvalue weighted by atomic mass is 16.1. The first kappa shape index (κ1) is 13.7. The van der Waals surface area contributed by atoms with Crippen molar-refractivity contribution in [3.8, 4) is 0 Å². The molecule has 0 unspecified atom stereocenters. The first-order valence-electron chi connectivity index (χ1n) is 5.87. The highest BCUT2D eigenvalue weighted by Gasteiger charge is 2.12. The zero-order chi connectivity index (χ0) is 13.1. The predicted molar refractivity (Wildman–Crippen MR) is 69.0 cm³/mol. The summed E-state index contributed by atoms with van der Waals surface area (Å²) in [6.07, 6.45) is 3.49. The summed E-state index contributed by atoms with van der Waals surface area (Å²) in [6, 6.07) is 0.299. The van der Waals surface area contributed by atoms with Gasteiger partial charge in [0.1, 0.15) is 0 Å². The van der Waals surface area contributed by atoms with E-state index in [0.29, 0.717) is 12.6 Å². The molecule has 1 aromatic rings. The summed E-state index contributed by atoms with van der Waals surface area (Å²) in [5.74, 6) is -0.0526. The maximum Gasteiger partial charge on any atom is 0.238 e. The Hall–Kier alpha value is -1.36. The normalized spacial score (nSPS) is 11.9. The summed E-state index contributed by atoms with van der Waals surface area (Å²) < 4.78 is 1.81. The van der Waals surface area contributed by atoms with E-state index in [1.165, 1.54) is 0 Å². The summed E-state index contributed by atoms with van der Waals surface area (Å²) in [4.78, 5) is 11.6. The second-order valence-electron chi connectivity index (χ2n) is 5.45. The van der Waals surface area contributed by atoms with Gasteiger partial charge in [-0.2, -0.15) is 5.10 Å². The molecule has 0 saturated carbocycles. The molecule has 5 nitrogen and oxygen atoms in total. The van der Waals surface area contributed by atoms with E-state index in [4.69, 9.17) is 0 Å². The molecule has 5 heteroatoms. The first-order valence-corrected chi connectivity index (χ1v) is 5.87. The molecule has 1 heterocycles. The lowest BCUT2D eigenvalue weighted by molar-refractivity contribution is -0.115. The number of carbonyl (C=O) groups is 1. The average molecular weight is 238 g/mol. The molecule has 0 spiro atoms. The van der Waals surface area contributed by atoms with Crippen molar-refractivity contribution >= 4 is 11.6 Å². The fourth-order valence-electron chi connectivity index (χ4n) is 1.24. The Labute approximate surface area is 103 Å². The Morgan fingerprint density at radius 3 is 2.59 bits per heavy atom. The molecule has 0 aromatic carbocycles. The van der Waals surface area contributed by atoms with Gasteiger partial charge in [0.05, 0.1) is 18.4 Å². The third-order valence-corrected chi connectivity index (χ3v) is 2.19. The molecule has 0 fully saturated rings. The number of hydrogen-bond acceptors (Lipinski definition) is 3. The van der Waals surface area contributed by atoms with E-state index in [-0.39, 0.29) is 11.4 Å². The Kier molecular flexibility index (Phi) is 4.28. The summed E-state index contributed by atoms with van der Waals surface area (Å²) in [5.41, 5.74) is 0.679. The highest BCUT2D eigenvalue weighted by Crippen LogP contribution is 2.09. The van der Waals surface area contributed by atoms with E-state index in [2.05, 4.69) is 15.7 Å². The lowest BCUT2D eigenvalue weighted by Gasteiger charge is -2.19. The fourth-order valence-corrected chi connectivity index (χ4v) is 1.24. The second kappa shape index (κ2) is 5.31. The maximum atomic E-state index is 11.6. The van der Waals surface area contributed by atoms with Crippen LogP contribution in [0, 0.1) is 0 Å². The second-order valence-corrected chi connectivity index (χ2v) is 5.45. The molecule has 0 atom stereocenters. The van der Waals surface area contributed by atoms with Crippen LogP contribution >= 0.6 is 0 Å². The van der Waals surface area contributed by atoms with Crippen LogP contribution in [0.4, 0.5) is 5.69 Å². The molecule has 0 bridgehead atoms. The van der Waals surface area contributed by atoms with Crippen molar-refractivity contribution in [2.24, 2.45) is 0 Å². The lowest BCUT2D eigenvalue weighted by atomic mass is 10.1. The number of aromatic nitrogens is 2. The predicted octanol–water partition coefficient (Wildman–Crippen LogP) is 1.79. The minimum Gasteiger partial charge on any atom is -0.322 e. The quantitative estimate of drug-likeness (QED) is 0.840. The van der Waals surface area contributed by atoms with Gasteiger partial charge in [0.2, 0.25) is 5.91 Å². The van der Waals surface area contributed by atoms with Crippen LogP contribution in [0.1, 0.15) is 40.7 Å². The molecular formula is C12H22N4O. The molecule has 1 aromatic heterocycles. The van der Waals surface area contributed by atoms with Gasteiger partial charge in [-0.3, -0.25) is 9.48 Å². The van der Waals surface area contributed by atoms with Crippen LogP contribution in [0.25, 0.3) is 0 Å². The van der Waals surface area contributed by atoms with Crippen molar-refractivity contribution in [1.82, 2.24) is 15.1 Å². The van der Waals surface area contributed by atoms with E-state index in [9.17, 15) is 4.79 Å². The minimum atomic E-state index is -0.0561. The van der Waals surface area contributed by atoms with Crippen LogP contribution in [-0.2, 0) is 4.79 Å². The van der Waals surface area contributed by atoms with Gasteiger partial charge in [-0.05, 0) is 34.6 Å². The van der Waals surface area contributed by atoms with Gasteiger partial charge in [0.25, 0.3) is 0 Å². The van der Waals surface area contributed by atoms with Crippen molar-refractivity contribution in [1.29, 1.82) is 0 Å². The van der Waals surface area contributed by atoms with E-state index >= 15 is 0 Å². The smallest absolute Gasteiger partial charge is 0.238 e. The van der Waals surface area contributed by atoms with Gasteiger partial charge in [-0.15, -0.1) is 0 Å². The molecule has 1 amide bonds. The van der Waals surface area contributed by atoms with Gasteiger partial charge in [0, 0.05) is 17.8 Å². The number of nitrogens with zero attached hydrogens (tertiary/aromatic N) is 2. The van der Waals surface area contributed by atoms with Crippen molar-refractivity contribution in [3.05, 3.63) is 12.4 Å². The first-order chi connectivity index (χ1) is 7.78. The largest absolute Gasteiger partial charge is 0.322 e. The van der Waals surface area contributed by atoms with Gasteiger partial charge in [-0.1, -0.05) is 0 Å². The fraction of sp³-hybridized carbons (Fsp3) is 0.667. The summed E-state index contributed by atoms with van der Waals surface area (Å²) >= 11 is 0. The SMILES string of the molecule is CC(C)n1cc(NC(=O)CNC(C)(C)C)cn1. The zero-order valence-electron chi connectivity index (χ0n) is 11.2. The van der Waals surface area contributed by atoms with E-state index in [0.717, 1.165) is 5.69 Å². The van der Waals surface area contributed by atoms with Crippen LogP contribution in [0.15, 0.2) is 12.4 Å². The number of anilines is 1. The standard InChI is InChI=1S/C12H22N4O/c1-9(2)16-8-10(6-14-16)15-11(17)7-13-12(3,4)5/h6,8-9,13H,7H2,1-5H3,(H,15,17). The van der Waals surface area contributed by atoms with E-state index < -0.39 is 0 Å². The van der Waals surface area contributed by atoms with Crippen molar-refractivity contribution in [2.45, 2.75) is 46.2 Å². The van der Waals surface area contributed by atoms with Crippen molar-refractivity contribution in [3.63, 3.8) is 0 Å². The molecule has 0 radical (unpaired) electrons. The Balaban J connectivity index is 2.45. The van der Waals surface area contributed by atoms with Crippen molar-refractivity contribution in [2.75, 3.05) is 11.9 Å². The van der Waals surface area contributed by atoms with Crippen LogP contribution in [0.3, 0.4) is 0 Å². The van der Waals surface area contributed by atoms with Gasteiger partial charge >= 0.3 is 0 Å². The van der Waals surface area contributed by atoms with Gasteiger partial charge in [0.15, 0.2) is 0 Å². The topological polar surface area (TPSA) is 59.0 Å². The molecule has 0 aliphatic rings. The Bertz CT molecular complexity index is 376. The number of nitrogens with one attached hydrogen (secondary N) is 2. The summed E-state index contributed by atoms with van der Waals surface area (Å²) in [7, 11) is 0. The molecular weight excluding hydrogens is 216 g/mol. The molecule has 2 N–H and O–H groups in total. The third kappa shape index (κ3) is 4.99. The summed E-state index contributed by atoms with van der Waals surface area (Å²) in [6.45, 7) is 10.5. The molecule has 1 rings (SSSR count). The molecule has 96 valence electrons. The van der Waals surface area contributed by atoms with Crippen LogP contribution in [-0.4, -0.2) is 27.8 Å². The number of hydrogen-bond donors (Lipinski definition) is 2. The lowest BCUT2D eigenvalue weighted by Crippen LogP contribution is -2.41. The minimum absolute atomic E-state index is 0.0526. The third-order valence-electron chi connectivity index (χ3n) is 2.19. The highest BCUT2D eigenvalue weighted by molar-refractivity contribution is 5.92. The van der Waals surface area contributed by atoms with Crippen molar-refractivity contribution < 1.29 is 4.79 Å². The molecule has 17 heavy (non-hydrogen) atoms. The molecule has 0 saturated heterocycles. The van der Waals surface area contributed by atoms with Gasteiger partial charge in [-0.25, -0.2) is 0 Å². The monoisotopic (exact) mass is 238 g/mol. The maximum absolute atomic E-state index is 11.6. The Morgan fingerprint density at radius 1 is 1.47 bits per heavy atom. The number of rotatable bonds is 4. The number of carbonyl (C=O) groups excluding carboxylic acids is 1. The molecule has 0 aliphatic carbocycles. The zero-order valence-corrected chi connectivity index (χ0v) is 11.2. The van der Waals surface area contributed by atoms with E-state index in [1.54, 1.807) is 6.20 Å². The van der Waals surface area contributed by atoms with Crippen LogP contribution in [0.5, 0.6) is 0 Å². The van der Waals surface area contributed by atoms with Gasteiger partial charge < -0.3 is 10.6 Å². The van der Waals surface area contributed by atoms with E-state index in [1.807, 2.05) is 45.5 Å². The Morgan fingerprint density at radius 2 is 2.12 bits per heavy atom. The van der Waals surface area contributed by atoms with Crippen LogP contribution in [0.2, 0.25) is 0 Å². The average Bonchev–Trinajstić information content (AvgIpc) is 2.62. The number of amides is 1. The summed E-state index contributed by atoms with van der Waals surface area (Å²) in [5, 5.41) is 10.1. The molecule has 0 aliphatic heterocycles. The van der Waals surface area contributed by atoms with Crippen LogP contribution < -0.4 is 10.6 Å².